The zero-order valence-corrected chi connectivity index (χ0v) is 11.6. The van der Waals surface area contributed by atoms with Crippen LogP contribution in [-0.2, 0) is 13.0 Å². The van der Waals surface area contributed by atoms with Crippen LogP contribution in [0.2, 0.25) is 0 Å². The molecule has 20 heavy (non-hydrogen) atoms. The number of hydrogen-bond donors (Lipinski definition) is 0. The van der Waals surface area contributed by atoms with Crippen LogP contribution in [0.4, 0.5) is 0 Å². The monoisotopic (exact) mass is 266 g/mol. The number of aryl methyl sites for hydroxylation is 2. The Labute approximate surface area is 118 Å². The predicted octanol–water partition coefficient (Wildman–Crippen LogP) is 3.68. The summed E-state index contributed by atoms with van der Waals surface area (Å²) in [7, 11) is 0. The highest BCUT2D eigenvalue weighted by molar-refractivity contribution is 5.86. The maximum absolute atomic E-state index is 5.67. The van der Waals surface area contributed by atoms with Gasteiger partial charge in [-0.2, -0.15) is 0 Å². The predicted molar refractivity (Wildman–Crippen MR) is 81.0 cm³/mol. The summed E-state index contributed by atoms with van der Waals surface area (Å²) in [4.78, 5) is 4.37. The average molecular weight is 266 g/mol. The number of benzene rings is 1. The zero-order chi connectivity index (χ0) is 13.8. The molecule has 3 heteroatoms. The molecule has 0 saturated carbocycles. The molecule has 2 aromatic heterocycles. The quantitative estimate of drug-likeness (QED) is 0.704. The fourth-order valence-electron chi connectivity index (χ4n) is 2.45. The van der Waals surface area contributed by atoms with Crippen molar-refractivity contribution in [3.63, 3.8) is 0 Å². The number of fused-ring (bicyclic) bond motifs is 1. The maximum Gasteiger partial charge on any atom is 0.128 e. The van der Waals surface area contributed by atoms with E-state index in [0.29, 0.717) is 6.61 Å². The highest BCUT2D eigenvalue weighted by Crippen LogP contribution is 2.26. The van der Waals surface area contributed by atoms with Crippen molar-refractivity contribution in [2.45, 2.75) is 19.9 Å². The van der Waals surface area contributed by atoms with Crippen molar-refractivity contribution in [2.24, 2.45) is 0 Å². The fourth-order valence-corrected chi connectivity index (χ4v) is 2.45. The Morgan fingerprint density at radius 2 is 2.05 bits per heavy atom. The molecule has 0 aliphatic carbocycles. The topological polar surface area (TPSA) is 27.1 Å². The van der Waals surface area contributed by atoms with E-state index in [2.05, 4.69) is 33.9 Å². The molecule has 0 N–H and O–H groups in total. The number of nitrogens with zero attached hydrogens (tertiary/aromatic N) is 2. The van der Waals surface area contributed by atoms with Gasteiger partial charge in [0.05, 0.1) is 12.1 Å². The second-order valence-corrected chi connectivity index (χ2v) is 4.70. The van der Waals surface area contributed by atoms with Crippen LogP contribution in [0.25, 0.3) is 10.9 Å². The first kappa shape index (κ1) is 12.7. The summed E-state index contributed by atoms with van der Waals surface area (Å²) in [5.74, 6) is 0.960. The van der Waals surface area contributed by atoms with Crippen LogP contribution >= 0.6 is 0 Å². The van der Waals surface area contributed by atoms with Crippen molar-refractivity contribution in [3.8, 4) is 5.75 Å². The first-order valence-corrected chi connectivity index (χ1v) is 6.99. The molecule has 0 spiro atoms. The molecule has 0 amide bonds. The van der Waals surface area contributed by atoms with E-state index in [-0.39, 0.29) is 0 Å². The lowest BCUT2D eigenvalue weighted by atomic mass is 10.2. The lowest BCUT2D eigenvalue weighted by Gasteiger charge is -2.07. The summed E-state index contributed by atoms with van der Waals surface area (Å²) >= 11 is 0. The van der Waals surface area contributed by atoms with E-state index in [9.17, 15) is 0 Å². The lowest BCUT2D eigenvalue weighted by molar-refractivity contribution is 0.344. The average Bonchev–Trinajstić information content (AvgIpc) is 2.91. The Bertz CT molecular complexity index is 689. The zero-order valence-electron chi connectivity index (χ0n) is 11.6. The van der Waals surface area contributed by atoms with Gasteiger partial charge in [-0.25, -0.2) is 0 Å². The maximum atomic E-state index is 5.67. The van der Waals surface area contributed by atoms with E-state index < -0.39 is 0 Å². The first-order valence-electron chi connectivity index (χ1n) is 6.99. The van der Waals surface area contributed by atoms with Gasteiger partial charge in [0, 0.05) is 36.4 Å². The molecule has 0 radical (unpaired) electrons. The molecule has 0 fully saturated rings. The molecule has 0 unspecified atom stereocenters. The lowest BCUT2D eigenvalue weighted by Crippen LogP contribution is -2.01. The van der Waals surface area contributed by atoms with E-state index in [1.807, 2.05) is 37.4 Å². The molecule has 0 aliphatic heterocycles. The van der Waals surface area contributed by atoms with Gasteiger partial charge in [0.1, 0.15) is 5.75 Å². The van der Waals surface area contributed by atoms with Crippen LogP contribution in [0.15, 0.2) is 54.9 Å². The summed E-state index contributed by atoms with van der Waals surface area (Å²) in [6, 6.07) is 14.4. The highest BCUT2D eigenvalue weighted by Gasteiger charge is 2.06. The van der Waals surface area contributed by atoms with Crippen molar-refractivity contribution < 1.29 is 4.74 Å². The summed E-state index contributed by atoms with van der Waals surface area (Å²) in [6.45, 7) is 3.63. The third-order valence-corrected chi connectivity index (χ3v) is 3.41. The van der Waals surface area contributed by atoms with Crippen LogP contribution in [0.3, 0.4) is 0 Å². The van der Waals surface area contributed by atoms with E-state index in [4.69, 9.17) is 4.74 Å². The van der Waals surface area contributed by atoms with Crippen LogP contribution in [-0.4, -0.2) is 16.2 Å². The molecule has 1 aromatic carbocycles. The Balaban J connectivity index is 1.84. The van der Waals surface area contributed by atoms with Crippen LogP contribution in [0, 0.1) is 0 Å². The smallest absolute Gasteiger partial charge is 0.128 e. The van der Waals surface area contributed by atoms with Crippen molar-refractivity contribution in [2.75, 3.05) is 6.61 Å². The number of ether oxygens (including phenoxy) is 1. The minimum atomic E-state index is 0.693. The minimum Gasteiger partial charge on any atom is -0.493 e. The van der Waals surface area contributed by atoms with Gasteiger partial charge in [0.25, 0.3) is 0 Å². The molecule has 0 bridgehead atoms. The number of hydrogen-bond acceptors (Lipinski definition) is 2. The SMILES string of the molecule is CCOc1cccc2c1ccn2CCc1ccccn1. The molecule has 102 valence electrons. The summed E-state index contributed by atoms with van der Waals surface area (Å²) in [5.41, 5.74) is 2.34. The van der Waals surface area contributed by atoms with Gasteiger partial charge in [0.15, 0.2) is 0 Å². The van der Waals surface area contributed by atoms with E-state index in [1.165, 1.54) is 10.9 Å². The van der Waals surface area contributed by atoms with Crippen LogP contribution in [0.5, 0.6) is 5.75 Å². The summed E-state index contributed by atoms with van der Waals surface area (Å²) in [6.07, 6.45) is 4.90. The summed E-state index contributed by atoms with van der Waals surface area (Å²) in [5, 5.41) is 1.18. The molecule has 0 saturated heterocycles. The highest BCUT2D eigenvalue weighted by atomic mass is 16.5. The number of aromatic nitrogens is 2. The molecule has 0 atom stereocenters. The van der Waals surface area contributed by atoms with Gasteiger partial charge in [-0.3, -0.25) is 4.98 Å². The fraction of sp³-hybridized carbons (Fsp3) is 0.235. The Hall–Kier alpha value is -2.29. The standard InChI is InChI=1S/C17H18N2O/c1-2-20-17-8-5-7-16-15(17)10-13-19(16)12-9-14-6-3-4-11-18-14/h3-8,10-11,13H,2,9,12H2,1H3. The van der Waals surface area contributed by atoms with Gasteiger partial charge in [-0.05, 0) is 37.3 Å². The number of rotatable bonds is 5. The molecule has 3 rings (SSSR count). The van der Waals surface area contributed by atoms with E-state index in [0.717, 1.165) is 24.4 Å². The largest absolute Gasteiger partial charge is 0.493 e. The van der Waals surface area contributed by atoms with Crippen LogP contribution in [0.1, 0.15) is 12.6 Å². The molecular weight excluding hydrogens is 248 g/mol. The third-order valence-electron chi connectivity index (χ3n) is 3.41. The molecule has 3 aromatic rings. The van der Waals surface area contributed by atoms with Crippen molar-refractivity contribution in [3.05, 3.63) is 60.6 Å². The molecule has 3 nitrogen and oxygen atoms in total. The van der Waals surface area contributed by atoms with E-state index in [1.54, 1.807) is 0 Å². The molecular formula is C17H18N2O. The first-order chi connectivity index (χ1) is 9.88. The third kappa shape index (κ3) is 2.52. The normalized spacial score (nSPS) is 10.8. The van der Waals surface area contributed by atoms with Gasteiger partial charge in [-0.15, -0.1) is 0 Å². The molecule has 2 heterocycles. The molecule has 0 aliphatic rings. The number of pyridine rings is 1. The van der Waals surface area contributed by atoms with Gasteiger partial charge >= 0.3 is 0 Å². The van der Waals surface area contributed by atoms with Gasteiger partial charge < -0.3 is 9.30 Å². The Kier molecular flexibility index (Phi) is 3.68. The van der Waals surface area contributed by atoms with Crippen molar-refractivity contribution in [1.82, 2.24) is 9.55 Å². The summed E-state index contributed by atoms with van der Waals surface area (Å²) < 4.78 is 7.93. The van der Waals surface area contributed by atoms with Crippen molar-refractivity contribution in [1.29, 1.82) is 0 Å². The Morgan fingerprint density at radius 1 is 1.10 bits per heavy atom. The second-order valence-electron chi connectivity index (χ2n) is 4.70. The van der Waals surface area contributed by atoms with E-state index >= 15 is 0 Å². The van der Waals surface area contributed by atoms with Gasteiger partial charge in [-0.1, -0.05) is 12.1 Å². The minimum absolute atomic E-state index is 0.693. The second kappa shape index (κ2) is 5.78. The Morgan fingerprint density at radius 3 is 2.85 bits per heavy atom. The van der Waals surface area contributed by atoms with Crippen molar-refractivity contribution >= 4 is 10.9 Å². The van der Waals surface area contributed by atoms with Crippen LogP contribution < -0.4 is 4.74 Å². The van der Waals surface area contributed by atoms with Gasteiger partial charge in [0.2, 0.25) is 0 Å².